The van der Waals surface area contributed by atoms with Gasteiger partial charge in [0.25, 0.3) is 0 Å². The molecule has 0 radical (unpaired) electrons. The number of likely N-dealkylation sites (tertiary alicyclic amines) is 1. The number of hydrogen-bond donors (Lipinski definition) is 1. The number of allylic oxidation sites excluding steroid dienone is 6. The molecule has 1 N–H and O–H groups in total. The van der Waals surface area contributed by atoms with Crippen LogP contribution in [0.25, 0.3) is 5.57 Å². The largest absolute Gasteiger partial charge is 0.505 e. The molecule has 38 heavy (non-hydrogen) atoms. The Morgan fingerprint density at radius 3 is 2.66 bits per heavy atom. The molecule has 1 aliphatic carbocycles. The van der Waals surface area contributed by atoms with Crippen molar-refractivity contribution in [2.75, 3.05) is 33.0 Å². The molecule has 6 heteroatoms. The maximum Gasteiger partial charge on any atom is 0.168 e. The minimum Gasteiger partial charge on any atom is -0.505 e. The first-order chi connectivity index (χ1) is 18.4. The number of phenolic OH excluding ortho intramolecular Hbond substituents is 1. The summed E-state index contributed by atoms with van der Waals surface area (Å²) in [6, 6.07) is 11.0. The van der Waals surface area contributed by atoms with E-state index in [9.17, 15) is 13.9 Å². The number of aromatic hydroxyl groups is 1. The second-order valence-electron chi connectivity index (χ2n) is 9.99. The monoisotopic (exact) mass is 523 g/mol. The first-order valence-corrected chi connectivity index (χ1v) is 13.3. The van der Waals surface area contributed by atoms with Crippen LogP contribution in [0.3, 0.4) is 0 Å². The van der Waals surface area contributed by atoms with Crippen LogP contribution >= 0.6 is 0 Å². The van der Waals surface area contributed by atoms with Gasteiger partial charge in [0.15, 0.2) is 11.6 Å². The second-order valence-corrected chi connectivity index (χ2v) is 9.99. The van der Waals surface area contributed by atoms with Crippen LogP contribution in [-0.2, 0) is 6.42 Å². The summed E-state index contributed by atoms with van der Waals surface area (Å²) in [6.07, 6.45) is 8.64. The third kappa shape index (κ3) is 6.60. The van der Waals surface area contributed by atoms with Gasteiger partial charge in [-0.25, -0.2) is 8.78 Å². The molecule has 202 valence electrons. The molecular formula is C32H36F3NO2. The number of benzene rings is 2. The molecule has 2 aliphatic rings. The number of alkyl halides is 2. The standard InChI is InChI=1S/C32H36F3NO2/c1-22(15-18-34)7-8-23(2)27-5-3-6-29-28(13-14-30(37)32(29)35)31(27)24-9-11-25(12-10-24)38-26-16-20-36(21-26)19-4-17-33/h7-15,26,37H,2-6,16-21H2,1H3/b8-7-,22-15-/t26-/m0/s1. The van der Waals surface area contributed by atoms with Gasteiger partial charge in [0.05, 0.1) is 6.67 Å². The predicted octanol–water partition coefficient (Wildman–Crippen LogP) is 7.51. The normalized spacial score (nSPS) is 18.6. The summed E-state index contributed by atoms with van der Waals surface area (Å²) >= 11 is 0. The summed E-state index contributed by atoms with van der Waals surface area (Å²) < 4.78 is 46.4. The molecule has 0 aromatic heterocycles. The van der Waals surface area contributed by atoms with E-state index in [1.165, 1.54) is 12.1 Å². The van der Waals surface area contributed by atoms with Gasteiger partial charge in [-0.2, -0.15) is 0 Å². The van der Waals surface area contributed by atoms with Crippen molar-refractivity contribution in [2.45, 2.75) is 45.1 Å². The van der Waals surface area contributed by atoms with Gasteiger partial charge in [-0.3, -0.25) is 9.29 Å². The topological polar surface area (TPSA) is 32.7 Å². The fraction of sp³-hybridized carbons (Fsp3) is 0.375. The molecule has 0 amide bonds. The van der Waals surface area contributed by atoms with Crippen molar-refractivity contribution in [3.63, 3.8) is 0 Å². The number of fused-ring (bicyclic) bond motifs is 1. The van der Waals surface area contributed by atoms with E-state index in [1.54, 1.807) is 6.07 Å². The van der Waals surface area contributed by atoms with Crippen molar-refractivity contribution in [1.29, 1.82) is 0 Å². The molecular weight excluding hydrogens is 487 g/mol. The Morgan fingerprint density at radius 2 is 1.92 bits per heavy atom. The Hall–Kier alpha value is -3.25. The maximum atomic E-state index is 15.0. The SMILES string of the molecule is C=C(/C=C\C(C)=C/CF)C1=C(c2ccc(O[C@H]3CCN(CCCF)C3)cc2)c2ccc(O)c(F)c2CCC1. The van der Waals surface area contributed by atoms with Gasteiger partial charge in [0.1, 0.15) is 18.5 Å². The zero-order valence-corrected chi connectivity index (χ0v) is 22.0. The van der Waals surface area contributed by atoms with Crippen LogP contribution in [0.2, 0.25) is 0 Å². The van der Waals surface area contributed by atoms with Gasteiger partial charge < -0.3 is 9.84 Å². The Labute approximate surface area is 223 Å². The predicted molar refractivity (Wildman–Crippen MR) is 148 cm³/mol. The molecule has 2 aromatic rings. The maximum absolute atomic E-state index is 15.0. The van der Waals surface area contributed by atoms with E-state index in [1.807, 2.05) is 43.3 Å². The Kier molecular flexibility index (Phi) is 9.51. The second kappa shape index (κ2) is 13.0. The smallest absolute Gasteiger partial charge is 0.168 e. The van der Waals surface area contributed by atoms with Crippen LogP contribution in [0, 0.1) is 5.82 Å². The molecule has 3 nitrogen and oxygen atoms in total. The average molecular weight is 524 g/mol. The zero-order chi connectivity index (χ0) is 27.1. The Balaban J connectivity index is 1.66. The first-order valence-electron chi connectivity index (χ1n) is 13.3. The molecule has 4 rings (SSSR count). The van der Waals surface area contributed by atoms with Crippen LogP contribution < -0.4 is 4.74 Å². The zero-order valence-electron chi connectivity index (χ0n) is 22.0. The van der Waals surface area contributed by atoms with Crippen LogP contribution in [0.5, 0.6) is 11.5 Å². The van der Waals surface area contributed by atoms with Gasteiger partial charge in [-0.15, -0.1) is 0 Å². The number of rotatable bonds is 10. The highest BCUT2D eigenvalue weighted by atomic mass is 19.1. The molecule has 0 saturated carbocycles. The van der Waals surface area contributed by atoms with Crippen LogP contribution in [0.4, 0.5) is 13.2 Å². The fourth-order valence-corrected chi connectivity index (χ4v) is 5.26. The fourth-order valence-electron chi connectivity index (χ4n) is 5.26. The Morgan fingerprint density at radius 1 is 1.13 bits per heavy atom. The highest BCUT2D eigenvalue weighted by Crippen LogP contribution is 2.41. The number of ether oxygens (including phenoxy) is 1. The van der Waals surface area contributed by atoms with Crippen molar-refractivity contribution in [3.05, 3.63) is 100 Å². The van der Waals surface area contributed by atoms with Crippen LogP contribution in [0.1, 0.15) is 49.3 Å². The summed E-state index contributed by atoms with van der Waals surface area (Å²) in [5.41, 5.74) is 5.60. The highest BCUT2D eigenvalue weighted by Gasteiger charge is 2.25. The molecule has 0 bridgehead atoms. The summed E-state index contributed by atoms with van der Waals surface area (Å²) in [5.74, 6) is -0.176. The van der Waals surface area contributed by atoms with Crippen molar-refractivity contribution in [3.8, 4) is 11.5 Å². The van der Waals surface area contributed by atoms with E-state index in [-0.39, 0.29) is 18.5 Å². The highest BCUT2D eigenvalue weighted by molar-refractivity contribution is 5.87. The summed E-state index contributed by atoms with van der Waals surface area (Å²) in [5, 5.41) is 10.0. The minimum absolute atomic E-state index is 0.0662. The van der Waals surface area contributed by atoms with Crippen LogP contribution in [0.15, 0.2) is 77.9 Å². The quantitative estimate of drug-likeness (QED) is 0.327. The van der Waals surface area contributed by atoms with Crippen molar-refractivity contribution in [2.24, 2.45) is 0 Å². The van der Waals surface area contributed by atoms with E-state index < -0.39 is 12.5 Å². The van der Waals surface area contributed by atoms with Crippen molar-refractivity contribution < 1.29 is 23.0 Å². The number of nitrogens with zero attached hydrogens (tertiary/aromatic N) is 1. The molecule has 1 saturated heterocycles. The minimum atomic E-state index is -0.581. The Bertz CT molecular complexity index is 1230. The van der Waals surface area contributed by atoms with E-state index in [0.29, 0.717) is 31.2 Å². The van der Waals surface area contributed by atoms with Gasteiger partial charge in [-0.1, -0.05) is 48.6 Å². The number of halogens is 3. The molecule has 1 aliphatic heterocycles. The third-order valence-electron chi connectivity index (χ3n) is 7.26. The van der Waals surface area contributed by atoms with Gasteiger partial charge in [-0.05, 0) is 90.6 Å². The lowest BCUT2D eigenvalue weighted by Crippen LogP contribution is -2.26. The summed E-state index contributed by atoms with van der Waals surface area (Å²) in [4.78, 5) is 2.23. The molecule has 1 atom stereocenters. The molecule has 0 unspecified atom stereocenters. The lowest BCUT2D eigenvalue weighted by atomic mass is 9.87. The lowest BCUT2D eigenvalue weighted by Gasteiger charge is -2.19. The van der Waals surface area contributed by atoms with E-state index in [2.05, 4.69) is 11.5 Å². The lowest BCUT2D eigenvalue weighted by molar-refractivity contribution is 0.198. The number of phenols is 1. The summed E-state index contributed by atoms with van der Waals surface area (Å²) in [7, 11) is 0. The summed E-state index contributed by atoms with van der Waals surface area (Å²) in [6.45, 7) is 7.74. The first kappa shape index (κ1) is 27.8. The van der Waals surface area contributed by atoms with E-state index in [0.717, 1.165) is 65.2 Å². The van der Waals surface area contributed by atoms with Crippen LogP contribution in [-0.4, -0.2) is 49.1 Å². The van der Waals surface area contributed by atoms with Crippen molar-refractivity contribution >= 4 is 5.57 Å². The molecule has 1 heterocycles. The van der Waals surface area contributed by atoms with Gasteiger partial charge in [0, 0.05) is 19.6 Å². The molecule has 2 aromatic carbocycles. The number of hydrogen-bond acceptors (Lipinski definition) is 3. The van der Waals surface area contributed by atoms with E-state index in [4.69, 9.17) is 4.74 Å². The molecule has 1 fully saturated rings. The third-order valence-corrected chi connectivity index (χ3v) is 7.26. The average Bonchev–Trinajstić information content (AvgIpc) is 3.26. The van der Waals surface area contributed by atoms with Gasteiger partial charge >= 0.3 is 0 Å². The van der Waals surface area contributed by atoms with Gasteiger partial charge in [0.2, 0.25) is 0 Å². The van der Waals surface area contributed by atoms with Crippen molar-refractivity contribution in [1.82, 2.24) is 4.90 Å². The van der Waals surface area contributed by atoms with E-state index >= 15 is 4.39 Å². The molecule has 0 spiro atoms.